The lowest BCUT2D eigenvalue weighted by Gasteiger charge is -2.54. The maximum atomic E-state index is 5.72. The van der Waals surface area contributed by atoms with Crippen molar-refractivity contribution in [3.63, 3.8) is 0 Å². The molecule has 0 radical (unpaired) electrons. The third-order valence-electron chi connectivity index (χ3n) is 7.10. The SMILES string of the molecule is c1cc2c(cc1CNCC1C3CC4CC(C3)CC1C4)CCCO2. The summed E-state index contributed by atoms with van der Waals surface area (Å²) in [6.45, 7) is 3.15. The van der Waals surface area contributed by atoms with Crippen LogP contribution in [0.3, 0.4) is 0 Å². The molecule has 0 amide bonds. The number of hydrogen-bond acceptors (Lipinski definition) is 2. The van der Waals surface area contributed by atoms with Gasteiger partial charge in [0, 0.05) is 6.54 Å². The molecular weight excluding hydrogens is 282 g/mol. The fraction of sp³-hybridized carbons (Fsp3) is 0.714. The quantitative estimate of drug-likeness (QED) is 0.901. The Labute approximate surface area is 140 Å². The highest BCUT2D eigenvalue weighted by Gasteiger charge is 2.47. The lowest BCUT2D eigenvalue weighted by molar-refractivity contribution is -0.0355. The Kier molecular flexibility index (Phi) is 3.62. The van der Waals surface area contributed by atoms with Gasteiger partial charge in [0.1, 0.15) is 5.75 Å². The van der Waals surface area contributed by atoms with E-state index in [1.54, 1.807) is 6.42 Å². The molecule has 4 aliphatic carbocycles. The second kappa shape index (κ2) is 5.81. The Morgan fingerprint density at radius 3 is 2.57 bits per heavy atom. The van der Waals surface area contributed by atoms with Gasteiger partial charge in [-0.25, -0.2) is 0 Å². The van der Waals surface area contributed by atoms with Gasteiger partial charge in [-0.3, -0.25) is 0 Å². The minimum atomic E-state index is 0.886. The van der Waals surface area contributed by atoms with Crippen LogP contribution >= 0.6 is 0 Å². The summed E-state index contributed by atoms with van der Waals surface area (Å²) in [6.07, 6.45) is 10.1. The highest BCUT2D eigenvalue weighted by molar-refractivity contribution is 5.38. The molecule has 4 fully saturated rings. The van der Waals surface area contributed by atoms with Crippen molar-refractivity contribution in [1.29, 1.82) is 0 Å². The van der Waals surface area contributed by atoms with E-state index in [-0.39, 0.29) is 0 Å². The maximum absolute atomic E-state index is 5.72. The molecule has 2 nitrogen and oxygen atoms in total. The van der Waals surface area contributed by atoms with Gasteiger partial charge in [-0.1, -0.05) is 12.1 Å². The van der Waals surface area contributed by atoms with Gasteiger partial charge in [0.25, 0.3) is 0 Å². The Balaban J connectivity index is 1.19. The first kappa shape index (κ1) is 14.3. The van der Waals surface area contributed by atoms with Crippen molar-refractivity contribution in [3.8, 4) is 5.75 Å². The number of nitrogens with one attached hydrogen (secondary N) is 1. The molecule has 2 heteroatoms. The van der Waals surface area contributed by atoms with Crippen LogP contribution in [0.4, 0.5) is 0 Å². The highest BCUT2D eigenvalue weighted by Crippen LogP contribution is 2.56. The zero-order valence-corrected chi connectivity index (χ0v) is 14.1. The van der Waals surface area contributed by atoms with Gasteiger partial charge >= 0.3 is 0 Å². The van der Waals surface area contributed by atoms with Crippen LogP contribution in [0.2, 0.25) is 0 Å². The summed E-state index contributed by atoms with van der Waals surface area (Å²) in [5.74, 6) is 6.33. The molecule has 5 aliphatic rings. The van der Waals surface area contributed by atoms with Crippen LogP contribution in [0, 0.1) is 29.6 Å². The van der Waals surface area contributed by atoms with Crippen molar-refractivity contribution in [1.82, 2.24) is 5.32 Å². The van der Waals surface area contributed by atoms with Crippen LogP contribution in [0.25, 0.3) is 0 Å². The van der Waals surface area contributed by atoms with E-state index in [2.05, 4.69) is 23.5 Å². The molecule has 23 heavy (non-hydrogen) atoms. The molecule has 0 aromatic heterocycles. The van der Waals surface area contributed by atoms with E-state index in [4.69, 9.17) is 4.74 Å². The highest BCUT2D eigenvalue weighted by atomic mass is 16.5. The molecular formula is C21H29NO. The van der Waals surface area contributed by atoms with Crippen molar-refractivity contribution >= 4 is 0 Å². The van der Waals surface area contributed by atoms with Gasteiger partial charge in [0.15, 0.2) is 0 Å². The molecule has 6 rings (SSSR count). The molecule has 124 valence electrons. The topological polar surface area (TPSA) is 21.3 Å². The summed E-state index contributed by atoms with van der Waals surface area (Å²) in [4.78, 5) is 0. The average Bonchev–Trinajstić information content (AvgIpc) is 2.56. The molecule has 0 spiro atoms. The molecule has 0 saturated heterocycles. The van der Waals surface area contributed by atoms with Crippen molar-refractivity contribution in [2.24, 2.45) is 29.6 Å². The Hall–Kier alpha value is -1.02. The first-order valence-electron chi connectivity index (χ1n) is 9.80. The molecule has 1 aromatic rings. The lowest BCUT2D eigenvalue weighted by Crippen LogP contribution is -2.48. The average molecular weight is 311 g/mol. The molecule has 4 saturated carbocycles. The van der Waals surface area contributed by atoms with Gasteiger partial charge < -0.3 is 10.1 Å². The normalized spacial score (nSPS) is 37.5. The molecule has 1 aliphatic heterocycles. The Bertz CT molecular complexity index is 553. The van der Waals surface area contributed by atoms with Crippen molar-refractivity contribution in [2.75, 3.05) is 13.2 Å². The van der Waals surface area contributed by atoms with Crippen LogP contribution in [0.15, 0.2) is 18.2 Å². The predicted molar refractivity (Wildman–Crippen MR) is 92.5 cm³/mol. The monoisotopic (exact) mass is 311 g/mol. The lowest BCUT2D eigenvalue weighted by atomic mass is 9.52. The van der Waals surface area contributed by atoms with Gasteiger partial charge in [0.2, 0.25) is 0 Å². The van der Waals surface area contributed by atoms with Crippen molar-refractivity contribution in [2.45, 2.75) is 51.5 Å². The Morgan fingerprint density at radius 1 is 1.00 bits per heavy atom. The van der Waals surface area contributed by atoms with Gasteiger partial charge in [-0.15, -0.1) is 0 Å². The fourth-order valence-corrected chi connectivity index (χ4v) is 6.28. The van der Waals surface area contributed by atoms with Gasteiger partial charge in [0.05, 0.1) is 6.61 Å². The van der Waals surface area contributed by atoms with E-state index in [0.717, 1.165) is 54.9 Å². The molecule has 1 aromatic carbocycles. The van der Waals surface area contributed by atoms with Crippen LogP contribution in [0.5, 0.6) is 5.75 Å². The van der Waals surface area contributed by atoms with E-state index >= 15 is 0 Å². The third kappa shape index (κ3) is 2.69. The first-order chi connectivity index (χ1) is 11.3. The van der Waals surface area contributed by atoms with Gasteiger partial charge in [-0.05, 0) is 98.3 Å². The summed E-state index contributed by atoms with van der Waals surface area (Å²) in [6, 6.07) is 6.78. The van der Waals surface area contributed by atoms with Gasteiger partial charge in [-0.2, -0.15) is 0 Å². The number of fused-ring (bicyclic) bond motifs is 1. The van der Waals surface area contributed by atoms with Crippen LogP contribution in [-0.4, -0.2) is 13.2 Å². The minimum Gasteiger partial charge on any atom is -0.493 e. The van der Waals surface area contributed by atoms with E-state index in [1.165, 1.54) is 49.8 Å². The van der Waals surface area contributed by atoms with Crippen molar-refractivity contribution < 1.29 is 4.74 Å². The van der Waals surface area contributed by atoms with Crippen LogP contribution in [0.1, 0.15) is 49.7 Å². The summed E-state index contributed by atoms with van der Waals surface area (Å²) in [7, 11) is 0. The standard InChI is InChI=1S/C21H29NO/c1-2-17-7-14(3-4-21(17)23-5-1)12-22-13-20-18-8-15-6-16(10-18)11-19(20)9-15/h3-4,7,15-16,18-20,22H,1-2,5-6,8-13H2. The van der Waals surface area contributed by atoms with Crippen LogP contribution in [-0.2, 0) is 13.0 Å². The second-order valence-corrected chi connectivity index (χ2v) is 8.62. The van der Waals surface area contributed by atoms with Crippen molar-refractivity contribution in [3.05, 3.63) is 29.3 Å². The maximum Gasteiger partial charge on any atom is 0.122 e. The molecule has 1 N–H and O–H groups in total. The molecule has 4 bridgehead atoms. The second-order valence-electron chi connectivity index (χ2n) is 8.62. The van der Waals surface area contributed by atoms with E-state index < -0.39 is 0 Å². The summed E-state index contributed by atoms with van der Waals surface area (Å²) in [5, 5.41) is 3.80. The van der Waals surface area contributed by atoms with E-state index in [1.807, 2.05) is 0 Å². The number of hydrogen-bond donors (Lipinski definition) is 1. The van der Waals surface area contributed by atoms with E-state index in [0.29, 0.717) is 0 Å². The number of aryl methyl sites for hydroxylation is 1. The fourth-order valence-electron chi connectivity index (χ4n) is 6.28. The number of benzene rings is 1. The Morgan fingerprint density at radius 2 is 1.78 bits per heavy atom. The van der Waals surface area contributed by atoms with E-state index in [9.17, 15) is 0 Å². The molecule has 1 heterocycles. The van der Waals surface area contributed by atoms with Crippen LogP contribution < -0.4 is 10.1 Å². The molecule has 0 atom stereocenters. The first-order valence-corrected chi connectivity index (χ1v) is 9.80. The minimum absolute atomic E-state index is 0.886. The summed E-state index contributed by atoms with van der Waals surface area (Å²) in [5.41, 5.74) is 2.84. The zero-order valence-electron chi connectivity index (χ0n) is 14.1. The number of rotatable bonds is 4. The predicted octanol–water partition coefficient (Wildman–Crippen LogP) is 4.17. The third-order valence-corrected chi connectivity index (χ3v) is 7.10. The smallest absolute Gasteiger partial charge is 0.122 e. The summed E-state index contributed by atoms with van der Waals surface area (Å²) < 4.78 is 5.72. The molecule has 0 unspecified atom stereocenters. The zero-order chi connectivity index (χ0) is 15.2. The summed E-state index contributed by atoms with van der Waals surface area (Å²) >= 11 is 0. The largest absolute Gasteiger partial charge is 0.493 e. The number of ether oxygens (including phenoxy) is 1.